The molecule has 1 unspecified atom stereocenters. The molecule has 16 heavy (non-hydrogen) atoms. The number of hydrogen-bond acceptors (Lipinski definition) is 2. The van der Waals surface area contributed by atoms with E-state index in [1.54, 1.807) is 0 Å². The van der Waals surface area contributed by atoms with Crippen LogP contribution in [-0.2, 0) is 0 Å². The van der Waals surface area contributed by atoms with Crippen molar-refractivity contribution in [2.24, 2.45) is 0 Å². The van der Waals surface area contributed by atoms with Crippen LogP contribution in [0.25, 0.3) is 5.65 Å². The molecule has 1 aliphatic heterocycles. The predicted octanol–water partition coefficient (Wildman–Crippen LogP) is 2.41. The molecule has 1 aliphatic rings. The molecule has 1 fully saturated rings. The minimum atomic E-state index is 0.513. The molecule has 1 saturated heterocycles. The van der Waals surface area contributed by atoms with Gasteiger partial charge < -0.3 is 4.40 Å². The van der Waals surface area contributed by atoms with Crippen molar-refractivity contribution in [3.05, 3.63) is 35.8 Å². The molecule has 0 N–H and O–H groups in total. The summed E-state index contributed by atoms with van der Waals surface area (Å²) in [5, 5.41) is 0. The van der Waals surface area contributed by atoms with Crippen LogP contribution in [0, 0.1) is 6.92 Å². The van der Waals surface area contributed by atoms with E-state index in [0.717, 1.165) is 5.65 Å². The molecule has 0 saturated carbocycles. The summed E-state index contributed by atoms with van der Waals surface area (Å²) in [5.74, 6) is 0. The first-order valence-corrected chi connectivity index (χ1v) is 5.90. The van der Waals surface area contributed by atoms with Gasteiger partial charge in [-0.1, -0.05) is 6.07 Å². The molecule has 0 radical (unpaired) electrons. The van der Waals surface area contributed by atoms with E-state index < -0.39 is 0 Å². The van der Waals surface area contributed by atoms with Crippen LogP contribution in [0.3, 0.4) is 0 Å². The van der Waals surface area contributed by atoms with Crippen LogP contribution >= 0.6 is 0 Å². The molecule has 0 aliphatic carbocycles. The lowest BCUT2D eigenvalue weighted by Gasteiger charge is -2.16. The molecule has 3 nitrogen and oxygen atoms in total. The van der Waals surface area contributed by atoms with Gasteiger partial charge in [-0.15, -0.1) is 0 Å². The second-order valence-electron chi connectivity index (χ2n) is 4.73. The van der Waals surface area contributed by atoms with Crippen molar-refractivity contribution in [3.63, 3.8) is 0 Å². The van der Waals surface area contributed by atoms with Crippen LogP contribution in [-0.4, -0.2) is 27.9 Å². The predicted molar refractivity (Wildman–Crippen MR) is 64.5 cm³/mol. The molecular formula is C13H17N3. The lowest BCUT2D eigenvalue weighted by Crippen LogP contribution is -2.17. The fraction of sp³-hybridized carbons (Fsp3) is 0.462. The number of aryl methyl sites for hydroxylation is 1. The Bertz CT molecular complexity index is 515. The summed E-state index contributed by atoms with van der Waals surface area (Å²) in [4.78, 5) is 7.17. The summed E-state index contributed by atoms with van der Waals surface area (Å²) in [5.41, 5.74) is 3.56. The number of rotatable bonds is 1. The number of aromatic nitrogens is 2. The van der Waals surface area contributed by atoms with Gasteiger partial charge in [0.25, 0.3) is 0 Å². The van der Waals surface area contributed by atoms with Crippen molar-refractivity contribution in [1.82, 2.24) is 14.3 Å². The summed E-state index contributed by atoms with van der Waals surface area (Å²) in [7, 11) is 2.19. The zero-order valence-electron chi connectivity index (χ0n) is 9.85. The van der Waals surface area contributed by atoms with Gasteiger partial charge in [-0.25, -0.2) is 4.98 Å². The van der Waals surface area contributed by atoms with Gasteiger partial charge in [0.2, 0.25) is 0 Å². The van der Waals surface area contributed by atoms with E-state index in [1.807, 2.05) is 0 Å². The van der Waals surface area contributed by atoms with Crippen LogP contribution in [0.1, 0.15) is 30.1 Å². The Balaban J connectivity index is 2.08. The van der Waals surface area contributed by atoms with Crippen LogP contribution in [0.2, 0.25) is 0 Å². The minimum absolute atomic E-state index is 0.513. The van der Waals surface area contributed by atoms with Gasteiger partial charge in [0.05, 0.1) is 11.7 Å². The van der Waals surface area contributed by atoms with Crippen molar-refractivity contribution in [2.45, 2.75) is 25.8 Å². The summed E-state index contributed by atoms with van der Waals surface area (Å²) < 4.78 is 2.14. The fourth-order valence-electron chi connectivity index (χ4n) is 2.62. The zero-order chi connectivity index (χ0) is 11.1. The van der Waals surface area contributed by atoms with Crippen LogP contribution in [0.4, 0.5) is 0 Å². The maximum absolute atomic E-state index is 4.77. The van der Waals surface area contributed by atoms with E-state index in [2.05, 4.69) is 47.8 Å². The van der Waals surface area contributed by atoms with Crippen molar-refractivity contribution in [3.8, 4) is 0 Å². The van der Waals surface area contributed by atoms with Gasteiger partial charge in [-0.2, -0.15) is 0 Å². The van der Waals surface area contributed by atoms with Gasteiger partial charge in [0.1, 0.15) is 5.65 Å². The van der Waals surface area contributed by atoms with E-state index in [1.165, 1.54) is 30.6 Å². The van der Waals surface area contributed by atoms with Crippen LogP contribution < -0.4 is 0 Å². The highest BCUT2D eigenvalue weighted by Crippen LogP contribution is 2.29. The lowest BCUT2D eigenvalue weighted by molar-refractivity contribution is 0.313. The van der Waals surface area contributed by atoms with Gasteiger partial charge in [0.15, 0.2) is 0 Å². The molecule has 2 aromatic heterocycles. The standard InChI is InChI=1S/C13H17N3/c1-10-5-3-8-16-9-11(14-13(10)16)12-6-4-7-15(12)2/h3,5,8-9,12H,4,6-7H2,1-2H3. The van der Waals surface area contributed by atoms with E-state index in [4.69, 9.17) is 4.98 Å². The highest BCUT2D eigenvalue weighted by atomic mass is 15.2. The zero-order valence-corrected chi connectivity index (χ0v) is 9.85. The average Bonchev–Trinajstić information content (AvgIpc) is 2.84. The average molecular weight is 215 g/mol. The quantitative estimate of drug-likeness (QED) is 0.728. The third-order valence-electron chi connectivity index (χ3n) is 3.56. The van der Waals surface area contributed by atoms with E-state index in [0.29, 0.717) is 6.04 Å². The summed E-state index contributed by atoms with van der Waals surface area (Å²) in [6, 6.07) is 4.70. The summed E-state index contributed by atoms with van der Waals surface area (Å²) in [6.45, 7) is 3.31. The normalized spacial score (nSPS) is 22.0. The summed E-state index contributed by atoms with van der Waals surface area (Å²) in [6.07, 6.45) is 6.77. The largest absolute Gasteiger partial charge is 0.307 e. The molecule has 3 heteroatoms. The first kappa shape index (κ1) is 9.85. The molecular weight excluding hydrogens is 198 g/mol. The number of imidazole rings is 1. The number of pyridine rings is 1. The molecule has 0 amide bonds. The fourth-order valence-corrected chi connectivity index (χ4v) is 2.62. The Kier molecular flexibility index (Phi) is 2.21. The minimum Gasteiger partial charge on any atom is -0.307 e. The van der Waals surface area contributed by atoms with Gasteiger partial charge in [-0.05, 0) is 45.0 Å². The lowest BCUT2D eigenvalue weighted by atomic mass is 10.2. The molecule has 1 atom stereocenters. The topological polar surface area (TPSA) is 20.5 Å². The second-order valence-corrected chi connectivity index (χ2v) is 4.73. The number of likely N-dealkylation sites (tertiary alicyclic amines) is 1. The van der Waals surface area contributed by atoms with Crippen molar-refractivity contribution in [2.75, 3.05) is 13.6 Å². The Hall–Kier alpha value is -1.35. The third kappa shape index (κ3) is 1.43. The molecule has 2 aromatic rings. The van der Waals surface area contributed by atoms with Gasteiger partial charge in [-0.3, -0.25) is 4.90 Å². The van der Waals surface area contributed by atoms with E-state index >= 15 is 0 Å². The van der Waals surface area contributed by atoms with Gasteiger partial charge in [0, 0.05) is 12.4 Å². The Labute approximate surface area is 95.7 Å². The SMILES string of the molecule is Cc1cccn2cc(C3CCCN3C)nc12. The first-order chi connectivity index (χ1) is 7.75. The molecule has 84 valence electrons. The monoisotopic (exact) mass is 215 g/mol. The maximum Gasteiger partial charge on any atom is 0.139 e. The highest BCUT2D eigenvalue weighted by Gasteiger charge is 2.24. The highest BCUT2D eigenvalue weighted by molar-refractivity contribution is 5.48. The number of hydrogen-bond donors (Lipinski definition) is 0. The Morgan fingerprint density at radius 3 is 3.00 bits per heavy atom. The third-order valence-corrected chi connectivity index (χ3v) is 3.56. The first-order valence-electron chi connectivity index (χ1n) is 5.90. The molecule has 0 aromatic carbocycles. The van der Waals surface area contributed by atoms with Crippen molar-refractivity contribution >= 4 is 5.65 Å². The smallest absolute Gasteiger partial charge is 0.139 e. The van der Waals surface area contributed by atoms with Crippen LogP contribution in [0.5, 0.6) is 0 Å². The maximum atomic E-state index is 4.77. The second kappa shape index (κ2) is 3.59. The molecule has 0 spiro atoms. The van der Waals surface area contributed by atoms with E-state index in [9.17, 15) is 0 Å². The number of nitrogens with zero attached hydrogens (tertiary/aromatic N) is 3. The Morgan fingerprint density at radius 2 is 2.31 bits per heavy atom. The number of fused-ring (bicyclic) bond motifs is 1. The molecule has 0 bridgehead atoms. The molecule has 3 rings (SSSR count). The summed E-state index contributed by atoms with van der Waals surface area (Å²) >= 11 is 0. The van der Waals surface area contributed by atoms with Crippen LogP contribution in [0.15, 0.2) is 24.5 Å². The Morgan fingerprint density at radius 1 is 1.44 bits per heavy atom. The molecule has 3 heterocycles. The van der Waals surface area contributed by atoms with Crippen molar-refractivity contribution < 1.29 is 0 Å². The van der Waals surface area contributed by atoms with E-state index in [-0.39, 0.29) is 0 Å². The van der Waals surface area contributed by atoms with Crippen molar-refractivity contribution in [1.29, 1.82) is 0 Å². The van der Waals surface area contributed by atoms with Gasteiger partial charge >= 0.3 is 0 Å².